The van der Waals surface area contributed by atoms with Crippen molar-refractivity contribution < 1.29 is 0 Å². The lowest BCUT2D eigenvalue weighted by molar-refractivity contribution is 0.572. The van der Waals surface area contributed by atoms with Gasteiger partial charge in [-0.25, -0.2) is 0 Å². The van der Waals surface area contributed by atoms with Crippen LogP contribution in [-0.2, 0) is 13.0 Å². The lowest BCUT2D eigenvalue weighted by Gasteiger charge is -2.10. The number of rotatable bonds is 3. The maximum absolute atomic E-state index is 6.19. The number of aryl methyl sites for hydroxylation is 2. The van der Waals surface area contributed by atoms with Gasteiger partial charge in [-0.1, -0.05) is 11.6 Å². The molecule has 0 saturated heterocycles. The van der Waals surface area contributed by atoms with Gasteiger partial charge in [-0.15, -0.1) is 0 Å². The molecule has 1 aromatic rings. The number of hydrogen-bond acceptors (Lipinski definition) is 2. The van der Waals surface area contributed by atoms with Gasteiger partial charge in [-0.2, -0.15) is 5.10 Å². The van der Waals surface area contributed by atoms with Crippen LogP contribution in [-0.4, -0.2) is 15.3 Å². The van der Waals surface area contributed by atoms with Crippen LogP contribution in [0, 0.1) is 6.92 Å². The Balaban J connectivity index is 2.30. The summed E-state index contributed by atoms with van der Waals surface area (Å²) in [6, 6.07) is 0. The fraction of sp³-hybridized carbons (Fsp3) is 0.700. The van der Waals surface area contributed by atoms with E-state index in [2.05, 4.69) is 12.0 Å². The summed E-state index contributed by atoms with van der Waals surface area (Å²) in [6.45, 7) is 4.87. The minimum atomic E-state index is 0.00301. The Morgan fingerprint density at radius 1 is 1.57 bits per heavy atom. The second kappa shape index (κ2) is 3.24. The summed E-state index contributed by atoms with van der Waals surface area (Å²) in [5, 5.41) is 5.16. The topological polar surface area (TPSA) is 43.8 Å². The first kappa shape index (κ1) is 9.99. The number of nitrogens with two attached hydrogens (primary N) is 1. The van der Waals surface area contributed by atoms with Crippen LogP contribution in [0.5, 0.6) is 0 Å². The third-order valence-electron chi connectivity index (χ3n) is 2.86. The zero-order valence-electron chi connectivity index (χ0n) is 8.68. The predicted octanol–water partition coefficient (Wildman–Crippen LogP) is 1.90. The highest BCUT2D eigenvalue weighted by atomic mass is 35.5. The highest BCUT2D eigenvalue weighted by molar-refractivity contribution is 6.31. The molecule has 0 radical (unpaired) electrons. The van der Waals surface area contributed by atoms with Crippen molar-refractivity contribution in [1.82, 2.24) is 9.78 Å². The molecule has 0 aliphatic heterocycles. The van der Waals surface area contributed by atoms with E-state index >= 15 is 0 Å². The van der Waals surface area contributed by atoms with Crippen molar-refractivity contribution in [1.29, 1.82) is 0 Å². The molecule has 0 aromatic carbocycles. The van der Waals surface area contributed by atoms with Crippen LogP contribution in [0.1, 0.15) is 31.2 Å². The Kier molecular flexibility index (Phi) is 2.32. The van der Waals surface area contributed by atoms with Gasteiger partial charge in [0.05, 0.1) is 16.4 Å². The van der Waals surface area contributed by atoms with E-state index in [0.29, 0.717) is 0 Å². The molecule has 1 heterocycles. The minimum Gasteiger partial charge on any atom is -0.325 e. The molecule has 4 heteroatoms. The Morgan fingerprint density at radius 3 is 2.71 bits per heavy atom. The monoisotopic (exact) mass is 213 g/mol. The predicted molar refractivity (Wildman–Crippen MR) is 57.5 cm³/mol. The minimum absolute atomic E-state index is 0.00301. The fourth-order valence-electron chi connectivity index (χ4n) is 1.71. The molecule has 0 amide bonds. The van der Waals surface area contributed by atoms with Gasteiger partial charge in [0.2, 0.25) is 0 Å². The third-order valence-corrected chi connectivity index (χ3v) is 3.36. The molecule has 0 atom stereocenters. The number of nitrogens with zero attached hydrogens (tertiary/aromatic N) is 2. The zero-order chi connectivity index (χ0) is 10.3. The molecule has 0 spiro atoms. The third kappa shape index (κ3) is 1.66. The van der Waals surface area contributed by atoms with E-state index in [1.807, 2.05) is 11.6 Å². The maximum Gasteiger partial charge on any atom is 0.0847 e. The molecule has 1 fully saturated rings. The van der Waals surface area contributed by atoms with E-state index < -0.39 is 0 Å². The second-order valence-corrected chi connectivity index (χ2v) is 4.58. The van der Waals surface area contributed by atoms with E-state index in [1.54, 1.807) is 0 Å². The Hall–Kier alpha value is -0.540. The highest BCUT2D eigenvalue weighted by Crippen LogP contribution is 2.37. The lowest BCUT2D eigenvalue weighted by atomic mass is 10.1. The summed E-state index contributed by atoms with van der Waals surface area (Å²) in [7, 11) is 0. The first-order valence-corrected chi connectivity index (χ1v) is 5.44. The number of halogens is 1. The molecule has 1 aliphatic carbocycles. The van der Waals surface area contributed by atoms with Crippen LogP contribution in [0.3, 0.4) is 0 Å². The Morgan fingerprint density at radius 2 is 2.21 bits per heavy atom. The number of aromatic nitrogens is 2. The van der Waals surface area contributed by atoms with Gasteiger partial charge in [0, 0.05) is 18.5 Å². The van der Waals surface area contributed by atoms with Gasteiger partial charge in [-0.05, 0) is 26.7 Å². The van der Waals surface area contributed by atoms with Crippen LogP contribution in [0.15, 0.2) is 0 Å². The standard InChI is InChI=1S/C10H16ClN3/c1-3-14-8(6-10(12)4-5-10)9(11)7(2)13-14/h3-6,12H2,1-2H3. The zero-order valence-corrected chi connectivity index (χ0v) is 9.43. The second-order valence-electron chi connectivity index (χ2n) is 4.20. The van der Waals surface area contributed by atoms with Crippen molar-refractivity contribution in [2.24, 2.45) is 5.73 Å². The Labute approximate surface area is 89.2 Å². The van der Waals surface area contributed by atoms with Crippen molar-refractivity contribution in [3.05, 3.63) is 16.4 Å². The number of hydrogen-bond donors (Lipinski definition) is 1. The largest absolute Gasteiger partial charge is 0.325 e. The van der Waals surface area contributed by atoms with Crippen LogP contribution < -0.4 is 5.73 Å². The fourth-order valence-corrected chi connectivity index (χ4v) is 1.91. The average molecular weight is 214 g/mol. The Bertz CT molecular complexity index is 352. The summed E-state index contributed by atoms with van der Waals surface area (Å²) in [5.41, 5.74) is 8.10. The molecule has 1 saturated carbocycles. The first-order chi connectivity index (χ1) is 6.56. The molecule has 78 valence electrons. The summed E-state index contributed by atoms with van der Waals surface area (Å²) < 4.78 is 1.96. The SMILES string of the molecule is CCn1nc(C)c(Cl)c1CC1(N)CC1. The van der Waals surface area contributed by atoms with Crippen molar-refractivity contribution in [2.75, 3.05) is 0 Å². The van der Waals surface area contributed by atoms with Gasteiger partial charge < -0.3 is 5.73 Å². The van der Waals surface area contributed by atoms with Gasteiger partial charge >= 0.3 is 0 Å². The van der Waals surface area contributed by atoms with Crippen LogP contribution >= 0.6 is 11.6 Å². The van der Waals surface area contributed by atoms with E-state index in [-0.39, 0.29) is 5.54 Å². The van der Waals surface area contributed by atoms with Crippen molar-refractivity contribution >= 4 is 11.6 Å². The van der Waals surface area contributed by atoms with Gasteiger partial charge in [-0.3, -0.25) is 4.68 Å². The molecule has 1 aromatic heterocycles. The van der Waals surface area contributed by atoms with E-state index in [9.17, 15) is 0 Å². The molecule has 2 N–H and O–H groups in total. The molecule has 1 aliphatic rings. The van der Waals surface area contributed by atoms with Gasteiger partial charge in [0.25, 0.3) is 0 Å². The first-order valence-electron chi connectivity index (χ1n) is 5.06. The quantitative estimate of drug-likeness (QED) is 0.834. The molecular weight excluding hydrogens is 198 g/mol. The van der Waals surface area contributed by atoms with E-state index in [0.717, 1.165) is 42.2 Å². The van der Waals surface area contributed by atoms with Crippen LogP contribution in [0.25, 0.3) is 0 Å². The smallest absolute Gasteiger partial charge is 0.0847 e. The van der Waals surface area contributed by atoms with Gasteiger partial charge in [0.1, 0.15) is 0 Å². The molecular formula is C10H16ClN3. The molecule has 3 nitrogen and oxygen atoms in total. The molecule has 0 unspecified atom stereocenters. The average Bonchev–Trinajstić information content (AvgIpc) is 2.82. The summed E-state index contributed by atoms with van der Waals surface area (Å²) in [4.78, 5) is 0. The summed E-state index contributed by atoms with van der Waals surface area (Å²) in [5.74, 6) is 0. The lowest BCUT2D eigenvalue weighted by Crippen LogP contribution is -2.26. The van der Waals surface area contributed by atoms with Crippen molar-refractivity contribution in [3.63, 3.8) is 0 Å². The normalized spacial score (nSPS) is 18.6. The summed E-state index contributed by atoms with van der Waals surface area (Å²) in [6.07, 6.45) is 3.08. The van der Waals surface area contributed by atoms with Crippen molar-refractivity contribution in [2.45, 2.75) is 45.2 Å². The molecule has 0 bridgehead atoms. The van der Waals surface area contributed by atoms with Crippen LogP contribution in [0.2, 0.25) is 5.02 Å². The van der Waals surface area contributed by atoms with Gasteiger partial charge in [0.15, 0.2) is 0 Å². The van der Waals surface area contributed by atoms with E-state index in [1.165, 1.54) is 0 Å². The van der Waals surface area contributed by atoms with Crippen LogP contribution in [0.4, 0.5) is 0 Å². The maximum atomic E-state index is 6.19. The molecule has 14 heavy (non-hydrogen) atoms. The van der Waals surface area contributed by atoms with Crippen molar-refractivity contribution in [3.8, 4) is 0 Å². The summed E-state index contributed by atoms with van der Waals surface area (Å²) >= 11 is 6.19. The van der Waals surface area contributed by atoms with E-state index in [4.69, 9.17) is 17.3 Å². The molecule has 2 rings (SSSR count). The highest BCUT2D eigenvalue weighted by Gasteiger charge is 2.39.